The van der Waals surface area contributed by atoms with Crippen LogP contribution in [-0.4, -0.2) is 138 Å². The SMILES string of the molecule is CC(=O)NCCCCCC(=O)NNC(=O)[C@@H](CC(C)C)NC(=O)[C@@H](CC(C)C)NC(=O)[C@H](CC(C)C)NC(=O)[C@@H](CC(C)C)NC(=O)CN(CCCCN)C(=O)[C@H](CC(C)C)NC(=O)[C@@H]1CCCN1C(C)=O. The molecule has 0 aromatic heterocycles. The fourth-order valence-corrected chi connectivity index (χ4v) is 8.49. The highest BCUT2D eigenvalue weighted by molar-refractivity contribution is 5.97. The first-order valence-electron chi connectivity index (χ1n) is 26.4. The summed E-state index contributed by atoms with van der Waals surface area (Å²) >= 11 is 0. The first-order valence-corrected chi connectivity index (χ1v) is 26.4. The molecule has 1 fully saturated rings. The molecule has 412 valence electrons. The van der Waals surface area contributed by atoms with E-state index in [1.54, 1.807) is 0 Å². The Bertz CT molecular complexity index is 1780. The van der Waals surface area contributed by atoms with Gasteiger partial charge in [0.25, 0.3) is 5.91 Å². The van der Waals surface area contributed by atoms with Crippen LogP contribution in [0.3, 0.4) is 0 Å². The number of likely N-dealkylation sites (tertiary alicyclic amines) is 1. The number of carbonyl (C=O) groups excluding carboxylic acids is 10. The third kappa shape index (κ3) is 26.4. The zero-order valence-corrected chi connectivity index (χ0v) is 45.6. The van der Waals surface area contributed by atoms with E-state index in [1.165, 1.54) is 23.6 Å². The van der Waals surface area contributed by atoms with Crippen LogP contribution in [-0.2, 0) is 47.9 Å². The minimum absolute atomic E-state index is 0.0127. The lowest BCUT2D eigenvalue weighted by Gasteiger charge is -2.31. The van der Waals surface area contributed by atoms with E-state index in [-0.39, 0.29) is 86.5 Å². The highest BCUT2D eigenvalue weighted by atomic mass is 16.2. The molecule has 0 radical (unpaired) electrons. The van der Waals surface area contributed by atoms with Crippen LogP contribution in [0.5, 0.6) is 0 Å². The van der Waals surface area contributed by atoms with Crippen LogP contribution in [0.1, 0.15) is 167 Å². The molecule has 10 amide bonds. The number of nitrogens with two attached hydrogens (primary N) is 1. The normalized spacial score (nSPS) is 15.6. The Balaban J connectivity index is 3.27. The zero-order valence-electron chi connectivity index (χ0n) is 45.6. The highest BCUT2D eigenvalue weighted by Crippen LogP contribution is 2.19. The minimum Gasteiger partial charge on any atom is -0.356 e. The Hall–Kier alpha value is -5.34. The van der Waals surface area contributed by atoms with Gasteiger partial charge in [0.05, 0.1) is 6.54 Å². The number of amides is 10. The van der Waals surface area contributed by atoms with E-state index in [9.17, 15) is 47.9 Å². The lowest BCUT2D eigenvalue weighted by atomic mass is 9.98. The van der Waals surface area contributed by atoms with Crippen LogP contribution < -0.4 is 48.5 Å². The molecule has 1 aliphatic heterocycles. The zero-order chi connectivity index (χ0) is 54.7. The van der Waals surface area contributed by atoms with Crippen molar-refractivity contribution in [1.29, 1.82) is 0 Å². The maximum Gasteiger partial charge on any atom is 0.260 e. The molecule has 0 spiro atoms. The maximum absolute atomic E-state index is 14.3. The molecule has 1 heterocycles. The number of hydrogen-bond acceptors (Lipinski definition) is 11. The van der Waals surface area contributed by atoms with E-state index in [0.717, 1.165) is 0 Å². The van der Waals surface area contributed by atoms with Crippen LogP contribution >= 0.6 is 0 Å². The van der Waals surface area contributed by atoms with Crippen molar-refractivity contribution in [3.63, 3.8) is 0 Å². The summed E-state index contributed by atoms with van der Waals surface area (Å²) in [5, 5.41) is 16.8. The molecule has 1 rings (SSSR count). The first kappa shape index (κ1) is 64.7. The molecule has 0 aliphatic carbocycles. The summed E-state index contributed by atoms with van der Waals surface area (Å²) in [5.74, 6) is -5.16. The second kappa shape index (κ2) is 34.1. The van der Waals surface area contributed by atoms with Crippen molar-refractivity contribution in [3.8, 4) is 0 Å². The van der Waals surface area contributed by atoms with Crippen molar-refractivity contribution in [3.05, 3.63) is 0 Å². The van der Waals surface area contributed by atoms with Gasteiger partial charge in [-0.25, -0.2) is 0 Å². The summed E-state index contributed by atoms with van der Waals surface area (Å²) < 4.78 is 0. The predicted molar refractivity (Wildman–Crippen MR) is 276 cm³/mol. The maximum atomic E-state index is 14.3. The van der Waals surface area contributed by atoms with Crippen LogP contribution in [0.2, 0.25) is 0 Å². The molecule has 0 bridgehead atoms. The number of hydrogen-bond donors (Lipinski definition) is 9. The molecule has 0 unspecified atom stereocenters. The first-order chi connectivity index (χ1) is 33.7. The quantitative estimate of drug-likeness (QED) is 0.0339. The van der Waals surface area contributed by atoms with Crippen molar-refractivity contribution in [1.82, 2.24) is 52.6 Å². The van der Waals surface area contributed by atoms with Gasteiger partial charge in [0, 0.05) is 39.9 Å². The van der Waals surface area contributed by atoms with Crippen molar-refractivity contribution in [2.24, 2.45) is 35.3 Å². The number of carbonyl (C=O) groups is 10. The summed E-state index contributed by atoms with van der Waals surface area (Å²) in [5.41, 5.74) is 10.6. The Morgan fingerprint density at radius 1 is 0.542 bits per heavy atom. The second-order valence-electron chi connectivity index (χ2n) is 21.5. The van der Waals surface area contributed by atoms with Gasteiger partial charge in [0.15, 0.2) is 0 Å². The van der Waals surface area contributed by atoms with E-state index in [4.69, 9.17) is 5.73 Å². The number of unbranched alkanes of at least 4 members (excludes halogenated alkanes) is 3. The van der Waals surface area contributed by atoms with E-state index < -0.39 is 90.1 Å². The topological polar surface area (TPSA) is 299 Å². The lowest BCUT2D eigenvalue weighted by molar-refractivity contribution is -0.142. The molecule has 10 N–H and O–H groups in total. The van der Waals surface area contributed by atoms with Crippen molar-refractivity contribution in [2.45, 2.75) is 203 Å². The third-order valence-corrected chi connectivity index (χ3v) is 12.0. The summed E-state index contributed by atoms with van der Waals surface area (Å²) in [4.78, 5) is 136. The van der Waals surface area contributed by atoms with Gasteiger partial charge in [-0.05, 0) is 107 Å². The van der Waals surface area contributed by atoms with Gasteiger partial charge in [0.1, 0.15) is 36.3 Å². The van der Waals surface area contributed by atoms with Crippen LogP contribution in [0.15, 0.2) is 0 Å². The molecule has 0 saturated carbocycles. The molecule has 21 heteroatoms. The smallest absolute Gasteiger partial charge is 0.260 e. The van der Waals surface area contributed by atoms with Gasteiger partial charge >= 0.3 is 0 Å². The summed E-state index contributed by atoms with van der Waals surface area (Å²) in [7, 11) is 0. The standard InChI is InChI=1S/C51H93N11O10/c1-31(2)25-38(54-45(66)30-61(23-17-15-21-52)51(72)42(29-35(9)10)58-50(71)43-19-18-24-62(43)37(12)64)46(67)55-39(26-32(3)4)47(68)56-40(27-33(5)6)48(69)57-41(28-34(7)8)49(70)60-59-44(65)20-14-13-16-22-53-36(11)63/h31-35,38-43H,13-30,52H2,1-12H3,(H,53,63)(H,54,66)(H,55,67)(H,56,68)(H,57,69)(H,58,71)(H,59,65)(H,60,70)/t38-,39+,40-,41-,42+,43+/m1/s1. The van der Waals surface area contributed by atoms with Crippen LogP contribution in [0, 0.1) is 29.6 Å². The fraction of sp³-hybridized carbons (Fsp3) is 0.804. The van der Waals surface area contributed by atoms with E-state index in [0.29, 0.717) is 64.6 Å². The van der Waals surface area contributed by atoms with Gasteiger partial charge in [-0.3, -0.25) is 58.8 Å². The number of hydrazine groups is 1. The molecular weight excluding hydrogens is 927 g/mol. The van der Waals surface area contributed by atoms with Crippen LogP contribution in [0.4, 0.5) is 0 Å². The van der Waals surface area contributed by atoms with Gasteiger partial charge in [0.2, 0.25) is 53.2 Å². The van der Waals surface area contributed by atoms with E-state index in [1.807, 2.05) is 69.2 Å². The monoisotopic (exact) mass is 1020 g/mol. The van der Waals surface area contributed by atoms with Crippen LogP contribution in [0.25, 0.3) is 0 Å². The largest absolute Gasteiger partial charge is 0.356 e. The summed E-state index contributed by atoms with van der Waals surface area (Å²) in [6.07, 6.45) is 5.33. The molecule has 72 heavy (non-hydrogen) atoms. The van der Waals surface area contributed by atoms with Gasteiger partial charge < -0.3 is 47.4 Å². The average Bonchev–Trinajstić information content (AvgIpc) is 3.78. The number of nitrogens with one attached hydrogen (secondary N) is 8. The second-order valence-corrected chi connectivity index (χ2v) is 21.5. The molecule has 6 atom stereocenters. The highest BCUT2D eigenvalue weighted by Gasteiger charge is 2.37. The van der Waals surface area contributed by atoms with Crippen molar-refractivity contribution < 1.29 is 47.9 Å². The Kier molecular flexibility index (Phi) is 30.7. The molecule has 0 aromatic carbocycles. The number of nitrogens with zero attached hydrogens (tertiary/aromatic N) is 2. The summed E-state index contributed by atoms with van der Waals surface area (Å²) in [6.45, 7) is 22.7. The molecule has 0 aromatic rings. The minimum atomic E-state index is -1.13. The van der Waals surface area contributed by atoms with E-state index >= 15 is 0 Å². The predicted octanol–water partition coefficient (Wildman–Crippen LogP) is 2.06. The molecule has 1 saturated heterocycles. The third-order valence-electron chi connectivity index (χ3n) is 12.0. The average molecular weight is 1020 g/mol. The van der Waals surface area contributed by atoms with Crippen molar-refractivity contribution in [2.75, 3.05) is 32.7 Å². The van der Waals surface area contributed by atoms with Crippen molar-refractivity contribution >= 4 is 59.1 Å². The fourth-order valence-electron chi connectivity index (χ4n) is 8.49. The Morgan fingerprint density at radius 3 is 1.47 bits per heavy atom. The number of rotatable bonds is 33. The summed E-state index contributed by atoms with van der Waals surface area (Å²) in [6, 6.07) is -6.10. The Labute approximate surface area is 429 Å². The molecule has 1 aliphatic rings. The lowest BCUT2D eigenvalue weighted by Crippen LogP contribution is -2.60. The molecule has 21 nitrogen and oxygen atoms in total. The molecular formula is C51H93N11O10. The van der Waals surface area contributed by atoms with Gasteiger partial charge in [-0.15, -0.1) is 0 Å². The van der Waals surface area contributed by atoms with E-state index in [2.05, 4.69) is 42.8 Å². The van der Waals surface area contributed by atoms with Gasteiger partial charge in [-0.1, -0.05) is 75.7 Å². The Morgan fingerprint density at radius 2 is 1.01 bits per heavy atom. The van der Waals surface area contributed by atoms with Gasteiger partial charge in [-0.2, -0.15) is 0 Å².